The van der Waals surface area contributed by atoms with Gasteiger partial charge in [0.05, 0.1) is 12.6 Å². The van der Waals surface area contributed by atoms with E-state index in [4.69, 9.17) is 5.73 Å². The van der Waals surface area contributed by atoms with Gasteiger partial charge < -0.3 is 74.0 Å². The zero-order valence-corrected chi connectivity index (χ0v) is 52.4. The lowest BCUT2D eigenvalue weighted by Gasteiger charge is -2.31. The van der Waals surface area contributed by atoms with E-state index in [-0.39, 0.29) is 68.9 Å². The van der Waals surface area contributed by atoms with Crippen LogP contribution in [-0.4, -0.2) is 166 Å². The van der Waals surface area contributed by atoms with Crippen LogP contribution in [0.2, 0.25) is 0 Å². The molecule has 0 spiro atoms. The molecule has 14 N–H and O–H groups in total. The van der Waals surface area contributed by atoms with E-state index < -0.39 is 163 Å². The van der Waals surface area contributed by atoms with Crippen molar-refractivity contribution in [1.29, 1.82) is 0 Å². The molecule has 0 saturated carbocycles. The first-order valence-corrected chi connectivity index (χ1v) is 30.7. The highest BCUT2D eigenvalue weighted by Crippen LogP contribution is 2.22. The number of primary amides is 1. The number of fused-ring (bicyclic) bond motifs is 1. The van der Waals surface area contributed by atoms with Crippen molar-refractivity contribution in [3.63, 3.8) is 0 Å². The lowest BCUT2D eigenvalue weighted by atomic mass is 9.93. The molecule has 26 nitrogen and oxygen atoms in total. The molecule has 3 rings (SSSR count). The SMILES string of the molecule is CC=C1NC(=O)[C@H](CCC(N)=O)NC(=O)CC(CCCCC)NC(=O)CNC(=O)[C@H](CC(C)C)NC(=O)[C@@H]([C@@H](C)CC)NC(=O)[C@H]([C@@H](C)CC)NC(=O)[C@@H](CC(C)C)NC(=O)[C@@H](Cc2ccccc2)NC(=O)[C@H](CCO)NC(=O)[C@@H]2C[C@@H](O)CN2C1=O. The number of aliphatic hydroxyl groups excluding tert-OH is 2. The Morgan fingerprint density at radius 2 is 1.15 bits per heavy atom. The number of nitrogens with one attached hydrogen (secondary N) is 10. The fraction of sp³-hybridized carbons (Fsp3) is 0.672. The van der Waals surface area contributed by atoms with E-state index in [0.717, 1.165) is 17.7 Å². The number of carbonyl (C=O) groups is 12. The second-order valence-corrected chi connectivity index (χ2v) is 23.8. The molecule has 1 aromatic rings. The minimum atomic E-state index is -1.54. The molecule has 0 bridgehead atoms. The standard InChI is InChI=1S/C61H98N12O14/c1-11-15-17-22-39-30-49(77)65-42(23-24-48(62)76)54(80)66-41(14-4)61(87)73-33-40(75)31-47(73)58(84)67-43(25-26-74)55(81)69-46(29-38-20-18-16-19-21-38)56(82)68-45(28-35(7)8)57(83)71-52(37(10)13-3)60(86)72-51(36(9)12-2)59(85)70-44(27-34(5)6)53(79)63-32-50(78)64-39/h14,16,18-21,34-37,39-40,42-47,51-52,74-75H,11-13,15,17,22-33H2,1-10H3,(H2,62,76)(H,63,79)(H,64,78)(H,65,77)(H,66,80)(H,67,84)(H,68,82)(H,69,81)(H,70,85)(H,71,83)(H,72,86)/t36-,37-,39?,40+,42-,43-,44-,45+,46+,47-,51+,52-/m0/s1. The van der Waals surface area contributed by atoms with Crippen LogP contribution < -0.4 is 58.9 Å². The second-order valence-electron chi connectivity index (χ2n) is 23.8. The quantitative estimate of drug-likeness (QED) is 0.0642. The van der Waals surface area contributed by atoms with E-state index in [1.165, 1.54) is 13.0 Å². The Kier molecular flexibility index (Phi) is 31.6. The molecule has 2 saturated heterocycles. The Labute approximate surface area is 511 Å². The smallest absolute Gasteiger partial charge is 0.270 e. The van der Waals surface area contributed by atoms with E-state index in [1.807, 2.05) is 48.5 Å². The summed E-state index contributed by atoms with van der Waals surface area (Å²) >= 11 is 0. The molecule has 0 radical (unpaired) electrons. The van der Waals surface area contributed by atoms with E-state index in [9.17, 15) is 67.7 Å². The fourth-order valence-electron chi connectivity index (χ4n) is 10.2. The second kappa shape index (κ2) is 37.3. The maximum absolute atomic E-state index is 14.6. The highest BCUT2D eigenvalue weighted by molar-refractivity contribution is 6.03. The van der Waals surface area contributed by atoms with Gasteiger partial charge in [0.25, 0.3) is 5.91 Å². The number of carbonyl (C=O) groups excluding carboxylic acids is 12. The average Bonchev–Trinajstić information content (AvgIpc) is 2.38. The van der Waals surface area contributed by atoms with Crippen LogP contribution in [0.1, 0.15) is 158 Å². The molecule has 87 heavy (non-hydrogen) atoms. The number of unbranched alkanes of at least 4 members (excludes halogenated alkanes) is 2. The predicted molar refractivity (Wildman–Crippen MR) is 323 cm³/mol. The zero-order chi connectivity index (χ0) is 65.1. The Morgan fingerprint density at radius 1 is 0.621 bits per heavy atom. The number of rotatable bonds is 19. The van der Waals surface area contributed by atoms with Gasteiger partial charge >= 0.3 is 0 Å². The molecule has 12 atom stereocenters. The number of aliphatic hydroxyl groups is 2. The van der Waals surface area contributed by atoms with Crippen molar-refractivity contribution in [1.82, 2.24) is 58.1 Å². The van der Waals surface area contributed by atoms with Crippen LogP contribution in [0.15, 0.2) is 42.1 Å². The maximum atomic E-state index is 14.6. The lowest BCUT2D eigenvalue weighted by Crippen LogP contribution is -2.62. The normalized spacial score (nSPS) is 26.6. The molecule has 1 unspecified atom stereocenters. The molecule has 2 aliphatic rings. The van der Waals surface area contributed by atoms with Gasteiger partial charge in [0.2, 0.25) is 65.0 Å². The van der Waals surface area contributed by atoms with Gasteiger partial charge in [-0.2, -0.15) is 0 Å². The van der Waals surface area contributed by atoms with E-state index in [1.54, 1.807) is 44.2 Å². The van der Waals surface area contributed by atoms with Gasteiger partial charge in [0.15, 0.2) is 0 Å². The van der Waals surface area contributed by atoms with Crippen molar-refractivity contribution in [3.8, 4) is 0 Å². The lowest BCUT2D eigenvalue weighted by molar-refractivity contribution is -0.139. The first-order valence-electron chi connectivity index (χ1n) is 30.7. The average molecular weight is 1220 g/mol. The predicted octanol–water partition coefficient (Wildman–Crippen LogP) is 0.0218. The van der Waals surface area contributed by atoms with Crippen LogP contribution in [0.25, 0.3) is 0 Å². The van der Waals surface area contributed by atoms with Crippen molar-refractivity contribution < 1.29 is 67.7 Å². The summed E-state index contributed by atoms with van der Waals surface area (Å²) in [4.78, 5) is 169. The van der Waals surface area contributed by atoms with E-state index in [2.05, 4.69) is 53.2 Å². The minimum absolute atomic E-state index is 0.0630. The number of benzene rings is 1. The molecular formula is C61H98N12O14. The van der Waals surface area contributed by atoms with E-state index >= 15 is 0 Å². The molecule has 1 aromatic carbocycles. The Morgan fingerprint density at radius 3 is 1.71 bits per heavy atom. The molecule has 2 heterocycles. The zero-order valence-electron chi connectivity index (χ0n) is 52.4. The number of nitrogens with two attached hydrogens (primary N) is 1. The highest BCUT2D eigenvalue weighted by atomic mass is 16.3. The van der Waals surface area contributed by atoms with Crippen molar-refractivity contribution in [2.75, 3.05) is 19.7 Å². The van der Waals surface area contributed by atoms with Gasteiger partial charge in [0.1, 0.15) is 54.0 Å². The van der Waals surface area contributed by atoms with Crippen LogP contribution in [0, 0.1) is 23.7 Å². The van der Waals surface area contributed by atoms with Crippen molar-refractivity contribution in [3.05, 3.63) is 47.7 Å². The molecule has 0 aliphatic carbocycles. The largest absolute Gasteiger partial charge is 0.396 e. The molecule has 486 valence electrons. The third kappa shape index (κ3) is 24.7. The van der Waals surface area contributed by atoms with Crippen LogP contribution in [-0.2, 0) is 64.0 Å². The number of hydrogen-bond donors (Lipinski definition) is 13. The van der Waals surface area contributed by atoms with Crippen molar-refractivity contribution in [2.24, 2.45) is 29.4 Å². The van der Waals surface area contributed by atoms with Gasteiger partial charge in [-0.15, -0.1) is 0 Å². The van der Waals surface area contributed by atoms with Gasteiger partial charge in [-0.25, -0.2) is 0 Å². The van der Waals surface area contributed by atoms with E-state index in [0.29, 0.717) is 31.2 Å². The summed E-state index contributed by atoms with van der Waals surface area (Å²) in [6.07, 6.45) is 1.45. The minimum Gasteiger partial charge on any atom is -0.396 e. The monoisotopic (exact) mass is 1220 g/mol. The summed E-state index contributed by atoms with van der Waals surface area (Å²) in [6.45, 7) is 16.1. The maximum Gasteiger partial charge on any atom is 0.270 e. The van der Waals surface area contributed by atoms with Crippen LogP contribution >= 0.6 is 0 Å². The number of allylic oxidation sites excluding steroid dienone is 1. The Hall–Kier alpha value is -7.48. The molecule has 26 heteroatoms. The Balaban J connectivity index is 2.20. The summed E-state index contributed by atoms with van der Waals surface area (Å²) < 4.78 is 0. The molecular weight excluding hydrogens is 1120 g/mol. The van der Waals surface area contributed by atoms with Gasteiger partial charge in [0, 0.05) is 44.9 Å². The molecule has 12 amide bonds. The summed E-state index contributed by atoms with van der Waals surface area (Å²) in [5.74, 6) is -11.1. The van der Waals surface area contributed by atoms with Gasteiger partial charge in [-0.1, -0.05) is 131 Å². The summed E-state index contributed by atoms with van der Waals surface area (Å²) in [6, 6.07) is -3.05. The first-order chi connectivity index (χ1) is 41.2. The van der Waals surface area contributed by atoms with Gasteiger partial charge in [-0.05, 0) is 68.3 Å². The molecule has 2 aliphatic heterocycles. The van der Waals surface area contributed by atoms with Crippen molar-refractivity contribution in [2.45, 2.75) is 220 Å². The van der Waals surface area contributed by atoms with Crippen LogP contribution in [0.5, 0.6) is 0 Å². The van der Waals surface area contributed by atoms with Crippen LogP contribution in [0.4, 0.5) is 0 Å². The highest BCUT2D eigenvalue weighted by Gasteiger charge is 2.43. The Bertz CT molecular complexity index is 2550. The van der Waals surface area contributed by atoms with Crippen molar-refractivity contribution >= 4 is 70.9 Å². The third-order valence-electron chi connectivity index (χ3n) is 15.6. The summed E-state index contributed by atoms with van der Waals surface area (Å²) in [5, 5.41) is 47.9. The summed E-state index contributed by atoms with van der Waals surface area (Å²) in [7, 11) is 0. The van der Waals surface area contributed by atoms with Gasteiger partial charge in [-0.3, -0.25) is 57.5 Å². The first kappa shape index (κ1) is 73.8. The number of nitrogens with zero attached hydrogens (tertiary/aromatic N) is 1. The number of hydrogen-bond acceptors (Lipinski definition) is 14. The topological polar surface area (TPSA) is 395 Å². The number of amides is 12. The summed E-state index contributed by atoms with van der Waals surface area (Å²) in [5.41, 5.74) is 5.66. The third-order valence-corrected chi connectivity index (χ3v) is 15.6. The molecule has 2 fully saturated rings. The fourth-order valence-corrected chi connectivity index (χ4v) is 10.2. The molecule has 0 aromatic heterocycles. The van der Waals surface area contributed by atoms with Crippen LogP contribution in [0.3, 0.4) is 0 Å².